The first kappa shape index (κ1) is 14.9. The van der Waals surface area contributed by atoms with Gasteiger partial charge in [0.1, 0.15) is 11.6 Å². The number of nitrogen functional groups attached to an aromatic ring is 1. The van der Waals surface area contributed by atoms with E-state index in [1.807, 2.05) is 25.1 Å². The molecule has 100 valence electrons. The third-order valence-electron chi connectivity index (χ3n) is 2.54. The van der Waals surface area contributed by atoms with Crippen LogP contribution < -0.4 is 10.5 Å². The van der Waals surface area contributed by atoms with Gasteiger partial charge in [-0.2, -0.15) is 11.8 Å². The van der Waals surface area contributed by atoms with Gasteiger partial charge in [0.2, 0.25) is 0 Å². The number of amidine groups is 1. The van der Waals surface area contributed by atoms with E-state index in [1.165, 1.54) is 0 Å². The minimum absolute atomic E-state index is 0.0138. The molecule has 0 aliphatic rings. The second kappa shape index (κ2) is 7.28. The lowest BCUT2D eigenvalue weighted by molar-refractivity contribution is 0.250. The van der Waals surface area contributed by atoms with Gasteiger partial charge in [-0.15, -0.1) is 0 Å². The predicted octanol–water partition coefficient (Wildman–Crippen LogP) is 1.84. The average molecular weight is 268 g/mol. The first-order valence-corrected chi connectivity index (χ1v) is 6.93. The summed E-state index contributed by atoms with van der Waals surface area (Å²) in [6.45, 7) is 2.24. The van der Waals surface area contributed by atoms with Gasteiger partial charge < -0.3 is 15.6 Å². The number of thioether (sulfide) groups is 1. The van der Waals surface area contributed by atoms with E-state index >= 15 is 0 Å². The van der Waals surface area contributed by atoms with E-state index in [-0.39, 0.29) is 12.4 Å². The van der Waals surface area contributed by atoms with E-state index in [0.29, 0.717) is 17.2 Å². The number of aliphatic hydroxyl groups is 1. The molecule has 18 heavy (non-hydrogen) atoms. The van der Waals surface area contributed by atoms with Crippen LogP contribution in [-0.4, -0.2) is 30.4 Å². The Bertz CT molecular complexity index is 410. The van der Waals surface area contributed by atoms with Crippen molar-refractivity contribution in [3.63, 3.8) is 0 Å². The molecule has 5 heteroatoms. The second-order valence-corrected chi connectivity index (χ2v) is 5.28. The van der Waals surface area contributed by atoms with Gasteiger partial charge in [0.05, 0.1) is 12.7 Å². The Kier molecular flexibility index (Phi) is 6.01. The van der Waals surface area contributed by atoms with Gasteiger partial charge in [-0.3, -0.25) is 5.41 Å². The summed E-state index contributed by atoms with van der Waals surface area (Å²) in [5.41, 5.74) is 7.22. The van der Waals surface area contributed by atoms with Gasteiger partial charge in [0, 0.05) is 12.4 Å². The van der Waals surface area contributed by atoms with Gasteiger partial charge in [-0.05, 0) is 29.4 Å². The van der Waals surface area contributed by atoms with Crippen molar-refractivity contribution < 1.29 is 9.84 Å². The highest BCUT2D eigenvalue weighted by atomic mass is 32.2. The molecule has 1 aromatic carbocycles. The standard InChI is InChI=1S/C13H20N2O2S/c1-9(6-16)7-18-8-10-3-4-11(13(14)15)12(5-10)17-2/h3-5,9,16H,6-8H2,1-2H3,(H3,14,15). The molecular weight excluding hydrogens is 248 g/mol. The molecule has 0 bridgehead atoms. The number of benzene rings is 1. The highest BCUT2D eigenvalue weighted by molar-refractivity contribution is 7.98. The molecule has 1 aromatic rings. The molecule has 0 saturated heterocycles. The Morgan fingerprint density at radius 3 is 2.83 bits per heavy atom. The lowest BCUT2D eigenvalue weighted by Crippen LogP contribution is -2.12. The van der Waals surface area contributed by atoms with Crippen molar-refractivity contribution in [3.8, 4) is 5.75 Å². The summed E-state index contributed by atoms with van der Waals surface area (Å²) in [7, 11) is 1.58. The van der Waals surface area contributed by atoms with Crippen molar-refractivity contribution in [2.75, 3.05) is 19.5 Å². The van der Waals surface area contributed by atoms with E-state index in [9.17, 15) is 0 Å². The number of methoxy groups -OCH3 is 1. The van der Waals surface area contributed by atoms with Crippen LogP contribution >= 0.6 is 11.8 Å². The zero-order valence-electron chi connectivity index (χ0n) is 10.8. The van der Waals surface area contributed by atoms with E-state index in [0.717, 1.165) is 17.1 Å². The summed E-state index contributed by atoms with van der Waals surface area (Å²) in [6, 6.07) is 5.68. The molecule has 1 unspecified atom stereocenters. The summed E-state index contributed by atoms with van der Waals surface area (Å²) >= 11 is 1.77. The highest BCUT2D eigenvalue weighted by Gasteiger charge is 2.07. The molecule has 1 atom stereocenters. The predicted molar refractivity (Wildman–Crippen MR) is 76.4 cm³/mol. The second-order valence-electron chi connectivity index (χ2n) is 4.25. The van der Waals surface area contributed by atoms with Crippen molar-refractivity contribution in [1.29, 1.82) is 5.41 Å². The lowest BCUT2D eigenvalue weighted by atomic mass is 10.1. The largest absolute Gasteiger partial charge is 0.496 e. The van der Waals surface area contributed by atoms with Gasteiger partial charge in [0.15, 0.2) is 0 Å². The van der Waals surface area contributed by atoms with Crippen LogP contribution in [0.1, 0.15) is 18.1 Å². The Labute approximate surface area is 112 Å². The minimum atomic E-state index is 0.0138. The molecule has 0 fully saturated rings. The topological polar surface area (TPSA) is 79.3 Å². The van der Waals surface area contributed by atoms with Crippen molar-refractivity contribution >= 4 is 17.6 Å². The number of hydrogen-bond donors (Lipinski definition) is 3. The first-order chi connectivity index (χ1) is 8.58. The minimum Gasteiger partial charge on any atom is -0.496 e. The molecule has 0 spiro atoms. The molecule has 4 nitrogen and oxygen atoms in total. The first-order valence-electron chi connectivity index (χ1n) is 5.78. The molecule has 0 heterocycles. The van der Waals surface area contributed by atoms with Crippen LogP contribution in [0.15, 0.2) is 18.2 Å². The van der Waals surface area contributed by atoms with Gasteiger partial charge >= 0.3 is 0 Å². The Hall–Kier alpha value is -1.20. The molecule has 0 amide bonds. The van der Waals surface area contributed by atoms with E-state index in [4.69, 9.17) is 21.0 Å². The maximum atomic E-state index is 8.94. The van der Waals surface area contributed by atoms with Crippen LogP contribution in [0.3, 0.4) is 0 Å². The van der Waals surface area contributed by atoms with E-state index in [2.05, 4.69) is 0 Å². The Morgan fingerprint density at radius 1 is 1.56 bits per heavy atom. The van der Waals surface area contributed by atoms with Crippen LogP contribution in [0, 0.1) is 11.3 Å². The van der Waals surface area contributed by atoms with Crippen molar-refractivity contribution in [3.05, 3.63) is 29.3 Å². The van der Waals surface area contributed by atoms with E-state index in [1.54, 1.807) is 18.9 Å². The van der Waals surface area contributed by atoms with Gasteiger partial charge in [-0.1, -0.05) is 13.0 Å². The fourth-order valence-corrected chi connectivity index (χ4v) is 2.52. The third kappa shape index (κ3) is 4.23. The lowest BCUT2D eigenvalue weighted by Gasteiger charge is -2.10. The molecule has 0 saturated carbocycles. The maximum Gasteiger partial charge on any atom is 0.130 e. The summed E-state index contributed by atoms with van der Waals surface area (Å²) in [6.07, 6.45) is 0. The Morgan fingerprint density at radius 2 is 2.28 bits per heavy atom. The number of nitrogens with two attached hydrogens (primary N) is 1. The number of hydrogen-bond acceptors (Lipinski definition) is 4. The van der Waals surface area contributed by atoms with Crippen LogP contribution in [0.4, 0.5) is 0 Å². The van der Waals surface area contributed by atoms with Crippen molar-refractivity contribution in [2.45, 2.75) is 12.7 Å². The highest BCUT2D eigenvalue weighted by Crippen LogP contribution is 2.23. The van der Waals surface area contributed by atoms with Crippen LogP contribution in [0.5, 0.6) is 5.75 Å². The molecule has 0 aliphatic heterocycles. The number of aliphatic hydroxyl groups excluding tert-OH is 1. The molecule has 4 N–H and O–H groups in total. The summed E-state index contributed by atoms with van der Waals surface area (Å²) in [5, 5.41) is 16.4. The molecular formula is C13H20N2O2S. The normalized spacial score (nSPS) is 12.2. The zero-order chi connectivity index (χ0) is 13.5. The summed E-state index contributed by atoms with van der Waals surface area (Å²) < 4.78 is 5.23. The summed E-state index contributed by atoms with van der Waals surface area (Å²) in [5.74, 6) is 2.75. The van der Waals surface area contributed by atoms with Crippen molar-refractivity contribution in [2.24, 2.45) is 11.7 Å². The maximum absolute atomic E-state index is 8.94. The number of nitrogens with one attached hydrogen (secondary N) is 1. The number of rotatable bonds is 7. The van der Waals surface area contributed by atoms with E-state index < -0.39 is 0 Å². The molecule has 0 aromatic heterocycles. The van der Waals surface area contributed by atoms with Crippen LogP contribution in [0.2, 0.25) is 0 Å². The average Bonchev–Trinajstić information content (AvgIpc) is 2.37. The third-order valence-corrected chi connectivity index (χ3v) is 3.88. The quantitative estimate of drug-likeness (QED) is 0.521. The fourth-order valence-electron chi connectivity index (χ4n) is 1.48. The van der Waals surface area contributed by atoms with Crippen LogP contribution in [0.25, 0.3) is 0 Å². The monoisotopic (exact) mass is 268 g/mol. The molecule has 1 rings (SSSR count). The molecule has 0 aliphatic carbocycles. The molecule has 0 radical (unpaired) electrons. The Balaban J connectivity index is 2.65. The fraction of sp³-hybridized carbons (Fsp3) is 0.462. The smallest absolute Gasteiger partial charge is 0.130 e. The summed E-state index contributed by atoms with van der Waals surface area (Å²) in [4.78, 5) is 0. The van der Waals surface area contributed by atoms with Crippen LogP contribution in [-0.2, 0) is 5.75 Å². The van der Waals surface area contributed by atoms with Gasteiger partial charge in [-0.25, -0.2) is 0 Å². The van der Waals surface area contributed by atoms with Gasteiger partial charge in [0.25, 0.3) is 0 Å². The van der Waals surface area contributed by atoms with Crippen molar-refractivity contribution in [1.82, 2.24) is 0 Å². The SMILES string of the molecule is COc1cc(CSCC(C)CO)ccc1C(=N)N. The zero-order valence-corrected chi connectivity index (χ0v) is 11.6. The number of ether oxygens (including phenoxy) is 1.